The first-order chi connectivity index (χ1) is 9.75. The zero-order valence-corrected chi connectivity index (χ0v) is 12.0. The summed E-state index contributed by atoms with van der Waals surface area (Å²) in [4.78, 5) is 17.6. The molecule has 0 radical (unpaired) electrons. The number of morpholine rings is 2. The zero-order chi connectivity index (χ0) is 13.9. The largest absolute Gasteiger partial charge is 0.377 e. The van der Waals surface area contributed by atoms with Crippen molar-refractivity contribution >= 4 is 11.9 Å². The van der Waals surface area contributed by atoms with Gasteiger partial charge in [-0.1, -0.05) is 0 Å². The molecular weight excluding hydrogens is 258 g/mol. The Morgan fingerprint density at radius 1 is 0.950 bits per heavy atom. The second kappa shape index (κ2) is 5.88. The van der Waals surface area contributed by atoms with E-state index >= 15 is 0 Å². The molecule has 0 bridgehead atoms. The minimum absolute atomic E-state index is 0.293. The molecule has 0 saturated carbocycles. The van der Waals surface area contributed by atoms with Crippen LogP contribution < -0.4 is 9.80 Å². The standard InChI is InChI=1S/C13H21N5O2/c1-10-7-19-5-3-17(10)12-14-9-15-13(16-12)18-4-6-20-8-11(18)2/h9-11H,3-8H2,1-2H3/t10-,11+. The van der Waals surface area contributed by atoms with Crippen LogP contribution in [0.3, 0.4) is 0 Å². The molecule has 1 aromatic rings. The number of ether oxygens (including phenoxy) is 2. The third-order valence-corrected chi connectivity index (χ3v) is 3.80. The summed E-state index contributed by atoms with van der Waals surface area (Å²) < 4.78 is 10.9. The molecule has 3 rings (SSSR count). The molecule has 2 fully saturated rings. The molecule has 2 aliphatic rings. The summed E-state index contributed by atoms with van der Waals surface area (Å²) in [7, 11) is 0. The van der Waals surface area contributed by atoms with Gasteiger partial charge in [0.2, 0.25) is 11.9 Å². The molecule has 0 N–H and O–H groups in total. The monoisotopic (exact) mass is 279 g/mol. The maximum Gasteiger partial charge on any atom is 0.230 e. The minimum Gasteiger partial charge on any atom is -0.377 e. The van der Waals surface area contributed by atoms with Crippen LogP contribution in [0.2, 0.25) is 0 Å². The topological polar surface area (TPSA) is 63.6 Å². The molecule has 110 valence electrons. The van der Waals surface area contributed by atoms with Crippen molar-refractivity contribution in [2.24, 2.45) is 0 Å². The lowest BCUT2D eigenvalue weighted by molar-refractivity contribution is 0.0969. The van der Waals surface area contributed by atoms with Gasteiger partial charge in [0, 0.05) is 13.1 Å². The number of nitrogens with zero attached hydrogens (tertiary/aromatic N) is 5. The van der Waals surface area contributed by atoms with Gasteiger partial charge >= 0.3 is 0 Å². The predicted molar refractivity (Wildman–Crippen MR) is 75.1 cm³/mol. The van der Waals surface area contributed by atoms with E-state index in [-0.39, 0.29) is 0 Å². The predicted octanol–water partition coefficient (Wildman–Crippen LogP) is 0.322. The van der Waals surface area contributed by atoms with E-state index in [9.17, 15) is 0 Å². The molecule has 0 unspecified atom stereocenters. The molecule has 0 spiro atoms. The SMILES string of the molecule is C[C@@H]1COCCN1c1ncnc(N2CCOC[C@@H]2C)n1. The Labute approximate surface area is 118 Å². The average molecular weight is 279 g/mol. The van der Waals surface area contributed by atoms with Crippen LogP contribution in [0.1, 0.15) is 13.8 Å². The minimum atomic E-state index is 0.293. The molecule has 2 atom stereocenters. The van der Waals surface area contributed by atoms with Crippen molar-refractivity contribution in [3.63, 3.8) is 0 Å². The normalized spacial score (nSPS) is 27.7. The van der Waals surface area contributed by atoms with Gasteiger partial charge in [-0.2, -0.15) is 4.98 Å². The van der Waals surface area contributed by atoms with Gasteiger partial charge in [0.05, 0.1) is 38.5 Å². The molecule has 0 aliphatic carbocycles. The maximum absolute atomic E-state index is 5.46. The summed E-state index contributed by atoms with van der Waals surface area (Å²) in [6.45, 7) is 8.77. The van der Waals surface area contributed by atoms with Crippen LogP contribution in [-0.2, 0) is 9.47 Å². The van der Waals surface area contributed by atoms with Crippen molar-refractivity contribution in [1.29, 1.82) is 0 Å². The third-order valence-electron chi connectivity index (χ3n) is 3.80. The van der Waals surface area contributed by atoms with Crippen LogP contribution in [0.15, 0.2) is 6.33 Å². The van der Waals surface area contributed by atoms with E-state index in [1.165, 1.54) is 0 Å². The fourth-order valence-corrected chi connectivity index (χ4v) is 2.60. The Balaban J connectivity index is 1.81. The van der Waals surface area contributed by atoms with Crippen molar-refractivity contribution in [2.75, 3.05) is 49.3 Å². The third kappa shape index (κ3) is 2.69. The van der Waals surface area contributed by atoms with Gasteiger partial charge in [-0.25, -0.2) is 9.97 Å². The molecule has 7 heteroatoms. The zero-order valence-electron chi connectivity index (χ0n) is 12.0. The maximum atomic E-state index is 5.46. The van der Waals surface area contributed by atoms with E-state index in [4.69, 9.17) is 9.47 Å². The summed E-state index contributed by atoms with van der Waals surface area (Å²) in [6, 6.07) is 0.585. The lowest BCUT2D eigenvalue weighted by Crippen LogP contribution is -2.46. The molecule has 20 heavy (non-hydrogen) atoms. The van der Waals surface area contributed by atoms with E-state index in [0.29, 0.717) is 12.1 Å². The van der Waals surface area contributed by atoms with Crippen LogP contribution in [0.5, 0.6) is 0 Å². The number of aromatic nitrogens is 3. The average Bonchev–Trinajstić information content (AvgIpc) is 2.48. The Morgan fingerprint density at radius 3 is 1.90 bits per heavy atom. The van der Waals surface area contributed by atoms with Crippen LogP contribution in [0, 0.1) is 0 Å². The Hall–Kier alpha value is -1.47. The van der Waals surface area contributed by atoms with E-state index in [1.807, 2.05) is 0 Å². The summed E-state index contributed by atoms with van der Waals surface area (Å²) in [5, 5.41) is 0. The molecule has 2 saturated heterocycles. The van der Waals surface area contributed by atoms with Crippen molar-refractivity contribution < 1.29 is 9.47 Å². The first kappa shape index (κ1) is 13.5. The fraction of sp³-hybridized carbons (Fsp3) is 0.769. The second-order valence-electron chi connectivity index (χ2n) is 5.32. The van der Waals surface area contributed by atoms with Gasteiger partial charge in [0.15, 0.2) is 0 Å². The Bertz CT molecular complexity index is 421. The van der Waals surface area contributed by atoms with E-state index in [1.54, 1.807) is 6.33 Å². The van der Waals surface area contributed by atoms with E-state index < -0.39 is 0 Å². The number of hydrogen-bond donors (Lipinski definition) is 0. The van der Waals surface area contributed by atoms with Crippen LogP contribution in [0.4, 0.5) is 11.9 Å². The van der Waals surface area contributed by atoms with Crippen molar-refractivity contribution in [3.05, 3.63) is 6.33 Å². The molecule has 1 aromatic heterocycles. The van der Waals surface area contributed by atoms with Gasteiger partial charge in [-0.3, -0.25) is 0 Å². The van der Waals surface area contributed by atoms with Crippen LogP contribution in [-0.4, -0.2) is 66.6 Å². The lowest BCUT2D eigenvalue weighted by atomic mass is 10.2. The Morgan fingerprint density at radius 2 is 1.45 bits per heavy atom. The highest BCUT2D eigenvalue weighted by Crippen LogP contribution is 2.19. The molecule has 7 nitrogen and oxygen atoms in total. The summed E-state index contributed by atoms with van der Waals surface area (Å²) >= 11 is 0. The molecule has 0 amide bonds. The fourth-order valence-electron chi connectivity index (χ4n) is 2.60. The van der Waals surface area contributed by atoms with E-state index in [0.717, 1.165) is 51.4 Å². The first-order valence-corrected chi connectivity index (χ1v) is 7.13. The van der Waals surface area contributed by atoms with Gasteiger partial charge in [-0.15, -0.1) is 0 Å². The van der Waals surface area contributed by atoms with Gasteiger partial charge < -0.3 is 19.3 Å². The second-order valence-corrected chi connectivity index (χ2v) is 5.32. The van der Waals surface area contributed by atoms with Crippen molar-refractivity contribution in [3.8, 4) is 0 Å². The summed E-state index contributed by atoms with van der Waals surface area (Å²) in [6.07, 6.45) is 1.60. The quantitative estimate of drug-likeness (QED) is 0.772. The first-order valence-electron chi connectivity index (χ1n) is 7.13. The number of anilines is 2. The lowest BCUT2D eigenvalue weighted by Gasteiger charge is -2.35. The van der Waals surface area contributed by atoms with Gasteiger partial charge in [0.25, 0.3) is 0 Å². The number of hydrogen-bond acceptors (Lipinski definition) is 7. The summed E-state index contributed by atoms with van der Waals surface area (Å²) in [5.74, 6) is 1.48. The molecular formula is C13H21N5O2. The molecule has 0 aromatic carbocycles. The van der Waals surface area contributed by atoms with Gasteiger partial charge in [-0.05, 0) is 13.8 Å². The van der Waals surface area contributed by atoms with Crippen LogP contribution in [0.25, 0.3) is 0 Å². The van der Waals surface area contributed by atoms with E-state index in [2.05, 4.69) is 38.6 Å². The van der Waals surface area contributed by atoms with Gasteiger partial charge in [0.1, 0.15) is 6.33 Å². The highest BCUT2D eigenvalue weighted by molar-refractivity contribution is 5.40. The smallest absolute Gasteiger partial charge is 0.230 e. The van der Waals surface area contributed by atoms with Crippen LogP contribution >= 0.6 is 0 Å². The molecule has 3 heterocycles. The Kier molecular flexibility index (Phi) is 3.98. The number of rotatable bonds is 2. The highest BCUT2D eigenvalue weighted by atomic mass is 16.5. The molecule has 2 aliphatic heterocycles. The summed E-state index contributed by atoms with van der Waals surface area (Å²) in [5.41, 5.74) is 0. The van der Waals surface area contributed by atoms with Crippen molar-refractivity contribution in [2.45, 2.75) is 25.9 Å². The van der Waals surface area contributed by atoms with Crippen molar-refractivity contribution in [1.82, 2.24) is 15.0 Å². The highest BCUT2D eigenvalue weighted by Gasteiger charge is 2.25.